The number of aromatic hydroxyl groups is 1. The number of aliphatic hydroxyl groups is 1. The number of benzene rings is 1. The summed E-state index contributed by atoms with van der Waals surface area (Å²) in [6.45, 7) is -0.418. The zero-order valence-corrected chi connectivity index (χ0v) is 11.3. The molecule has 3 N–H and O–H groups in total. The Bertz CT molecular complexity index is 706. The number of ether oxygens (including phenoxy) is 1. The van der Waals surface area contributed by atoms with E-state index in [-0.39, 0.29) is 31.9 Å². The molecule has 0 bridgehead atoms. The minimum Gasteiger partial charge on any atom is -0.494 e. The number of nitrogens with zero attached hydrogens (tertiary/aromatic N) is 1. The number of nitrogens with one attached hydrogen (secondary N) is 1. The Kier molecular flexibility index (Phi) is 4.91. The topological polar surface area (TPSA) is 105 Å². The van der Waals surface area contributed by atoms with Gasteiger partial charge >= 0.3 is 5.69 Å². The molecule has 0 amide bonds. The lowest BCUT2D eigenvalue weighted by Gasteiger charge is -2.11. The van der Waals surface area contributed by atoms with Gasteiger partial charge in [0, 0.05) is 6.42 Å². The monoisotopic (exact) mass is 292 g/mol. The summed E-state index contributed by atoms with van der Waals surface area (Å²) in [7, 11) is 0. The number of aliphatic hydroxyl groups excluding tert-OH is 1. The van der Waals surface area contributed by atoms with Crippen LogP contribution in [-0.2, 0) is 17.9 Å². The van der Waals surface area contributed by atoms with Crippen LogP contribution in [0.2, 0.25) is 0 Å². The first-order chi connectivity index (χ1) is 10.1. The zero-order chi connectivity index (χ0) is 15.2. The third-order valence-corrected chi connectivity index (χ3v) is 2.95. The van der Waals surface area contributed by atoms with Crippen LogP contribution in [0.4, 0.5) is 0 Å². The summed E-state index contributed by atoms with van der Waals surface area (Å²) in [4.78, 5) is 25.6. The van der Waals surface area contributed by atoms with Crippen molar-refractivity contribution in [3.63, 3.8) is 0 Å². The summed E-state index contributed by atoms with van der Waals surface area (Å²) in [5.74, 6) is -0.425. The molecule has 0 saturated carbocycles. The molecule has 0 atom stereocenters. The van der Waals surface area contributed by atoms with Crippen LogP contribution in [0, 0.1) is 0 Å². The summed E-state index contributed by atoms with van der Waals surface area (Å²) in [5.41, 5.74) is -0.458. The van der Waals surface area contributed by atoms with Crippen molar-refractivity contribution in [2.75, 3.05) is 13.2 Å². The Morgan fingerprint density at radius 1 is 1.19 bits per heavy atom. The van der Waals surface area contributed by atoms with Crippen molar-refractivity contribution in [1.82, 2.24) is 9.55 Å². The Morgan fingerprint density at radius 2 is 1.90 bits per heavy atom. The molecule has 2 aromatic rings. The quantitative estimate of drug-likeness (QED) is 0.640. The van der Waals surface area contributed by atoms with Gasteiger partial charge < -0.3 is 14.9 Å². The molecule has 0 saturated heterocycles. The molecule has 112 valence electrons. The Morgan fingerprint density at radius 3 is 2.57 bits per heavy atom. The van der Waals surface area contributed by atoms with Gasteiger partial charge in [0.25, 0.3) is 5.56 Å². The van der Waals surface area contributed by atoms with Gasteiger partial charge in [-0.2, -0.15) is 0 Å². The maximum absolute atomic E-state index is 11.8. The Hall–Kier alpha value is -2.38. The third-order valence-electron chi connectivity index (χ3n) is 2.95. The van der Waals surface area contributed by atoms with Crippen molar-refractivity contribution in [2.24, 2.45) is 0 Å². The van der Waals surface area contributed by atoms with Crippen LogP contribution in [0.15, 0.2) is 39.9 Å². The first kappa shape index (κ1) is 15.0. The fraction of sp³-hybridized carbons (Fsp3) is 0.286. The lowest BCUT2D eigenvalue weighted by molar-refractivity contribution is 0.0414. The summed E-state index contributed by atoms with van der Waals surface area (Å²) in [6, 6.07) is 9.12. The number of aromatic amines is 1. The van der Waals surface area contributed by atoms with Crippen molar-refractivity contribution in [3.8, 4) is 5.88 Å². The average Bonchev–Trinajstić information content (AvgIpc) is 2.48. The molecular weight excluding hydrogens is 276 g/mol. The van der Waals surface area contributed by atoms with Crippen LogP contribution in [0.1, 0.15) is 11.1 Å². The molecule has 0 radical (unpaired) electrons. The number of aromatic nitrogens is 2. The molecule has 0 aliphatic rings. The van der Waals surface area contributed by atoms with Crippen molar-refractivity contribution < 1.29 is 14.9 Å². The predicted molar refractivity (Wildman–Crippen MR) is 75.3 cm³/mol. The molecule has 1 heterocycles. The normalized spacial score (nSPS) is 10.7. The average molecular weight is 292 g/mol. The maximum atomic E-state index is 11.8. The van der Waals surface area contributed by atoms with Gasteiger partial charge in [0.05, 0.1) is 18.8 Å². The molecule has 0 fully saturated rings. The van der Waals surface area contributed by atoms with E-state index in [0.717, 1.165) is 10.1 Å². The number of H-pyrrole nitrogens is 1. The van der Waals surface area contributed by atoms with Crippen molar-refractivity contribution in [2.45, 2.75) is 13.2 Å². The van der Waals surface area contributed by atoms with Crippen LogP contribution < -0.4 is 11.2 Å². The first-order valence-electron chi connectivity index (χ1n) is 6.41. The van der Waals surface area contributed by atoms with E-state index in [1.165, 1.54) is 0 Å². The highest BCUT2D eigenvalue weighted by Crippen LogP contribution is 2.14. The van der Waals surface area contributed by atoms with E-state index in [0.29, 0.717) is 0 Å². The lowest BCUT2D eigenvalue weighted by atomic mass is 10.1. The highest BCUT2D eigenvalue weighted by molar-refractivity contribution is 5.30. The van der Waals surface area contributed by atoms with Crippen LogP contribution in [-0.4, -0.2) is 33.0 Å². The molecule has 0 aliphatic carbocycles. The van der Waals surface area contributed by atoms with E-state index in [2.05, 4.69) is 4.98 Å². The second kappa shape index (κ2) is 6.87. The second-order valence-corrected chi connectivity index (χ2v) is 4.41. The van der Waals surface area contributed by atoms with Gasteiger partial charge in [-0.25, -0.2) is 9.36 Å². The minimum atomic E-state index is -0.757. The van der Waals surface area contributed by atoms with Gasteiger partial charge in [-0.1, -0.05) is 30.3 Å². The summed E-state index contributed by atoms with van der Waals surface area (Å²) >= 11 is 0. The molecule has 0 spiro atoms. The van der Waals surface area contributed by atoms with E-state index in [1.807, 2.05) is 30.3 Å². The molecule has 7 nitrogen and oxygen atoms in total. The number of hydrogen-bond acceptors (Lipinski definition) is 5. The molecule has 21 heavy (non-hydrogen) atoms. The third kappa shape index (κ3) is 3.59. The van der Waals surface area contributed by atoms with Crippen LogP contribution in [0.5, 0.6) is 5.88 Å². The summed E-state index contributed by atoms with van der Waals surface area (Å²) in [6.07, 6.45) is 0.197. The van der Waals surface area contributed by atoms with Gasteiger partial charge in [0.2, 0.25) is 5.88 Å². The van der Waals surface area contributed by atoms with E-state index < -0.39 is 17.1 Å². The van der Waals surface area contributed by atoms with Gasteiger partial charge in [0.1, 0.15) is 6.73 Å². The molecule has 2 rings (SSSR count). The molecular formula is C14H16N2O5. The fourth-order valence-corrected chi connectivity index (χ4v) is 1.90. The molecule has 1 aromatic heterocycles. The molecule has 7 heteroatoms. The van der Waals surface area contributed by atoms with Crippen LogP contribution in [0.3, 0.4) is 0 Å². The van der Waals surface area contributed by atoms with Crippen molar-refractivity contribution in [1.29, 1.82) is 0 Å². The largest absolute Gasteiger partial charge is 0.494 e. The van der Waals surface area contributed by atoms with Crippen LogP contribution >= 0.6 is 0 Å². The van der Waals surface area contributed by atoms with Gasteiger partial charge in [-0.15, -0.1) is 0 Å². The van der Waals surface area contributed by atoms with Gasteiger partial charge in [-0.3, -0.25) is 9.78 Å². The standard InChI is InChI=1S/C14H16N2O5/c17-6-7-21-9-16-13(19)11(12(18)15-14(16)20)8-10-4-2-1-3-5-10/h1-5,17,19H,6-9H2,(H,15,18,20). The van der Waals surface area contributed by atoms with E-state index in [1.54, 1.807) is 0 Å². The maximum Gasteiger partial charge on any atom is 0.333 e. The van der Waals surface area contributed by atoms with Gasteiger partial charge in [-0.05, 0) is 5.56 Å². The smallest absolute Gasteiger partial charge is 0.333 e. The second-order valence-electron chi connectivity index (χ2n) is 4.41. The first-order valence-corrected chi connectivity index (χ1v) is 6.41. The van der Waals surface area contributed by atoms with E-state index in [9.17, 15) is 14.7 Å². The highest BCUT2D eigenvalue weighted by atomic mass is 16.5. The van der Waals surface area contributed by atoms with E-state index in [4.69, 9.17) is 9.84 Å². The zero-order valence-electron chi connectivity index (χ0n) is 11.3. The molecule has 1 aromatic carbocycles. The number of rotatable bonds is 6. The minimum absolute atomic E-state index is 0.0268. The van der Waals surface area contributed by atoms with Gasteiger partial charge in [0.15, 0.2) is 0 Å². The van der Waals surface area contributed by atoms with Crippen molar-refractivity contribution >= 4 is 0 Å². The Labute approximate surface area is 120 Å². The van der Waals surface area contributed by atoms with E-state index >= 15 is 0 Å². The fourth-order valence-electron chi connectivity index (χ4n) is 1.90. The highest BCUT2D eigenvalue weighted by Gasteiger charge is 2.14. The summed E-state index contributed by atoms with van der Waals surface area (Å²) < 4.78 is 5.92. The Balaban J connectivity index is 2.35. The number of hydrogen-bond donors (Lipinski definition) is 3. The molecule has 0 aliphatic heterocycles. The SMILES string of the molecule is O=c1[nH]c(=O)n(COCCO)c(O)c1Cc1ccccc1. The van der Waals surface area contributed by atoms with Crippen LogP contribution in [0.25, 0.3) is 0 Å². The summed E-state index contributed by atoms with van der Waals surface area (Å²) in [5, 5.41) is 18.8. The molecule has 0 unspecified atom stereocenters. The lowest BCUT2D eigenvalue weighted by Crippen LogP contribution is -2.33. The van der Waals surface area contributed by atoms with Crippen molar-refractivity contribution in [3.05, 3.63) is 62.3 Å². The predicted octanol–water partition coefficient (Wildman–Crippen LogP) is -0.201.